The van der Waals surface area contributed by atoms with Crippen molar-refractivity contribution in [2.75, 3.05) is 25.0 Å². The number of nitrogens with one attached hydrogen (secondary N) is 1. The predicted molar refractivity (Wildman–Crippen MR) is 93.4 cm³/mol. The number of benzene rings is 2. The third kappa shape index (κ3) is 4.97. The van der Waals surface area contributed by atoms with Gasteiger partial charge in [0.05, 0.1) is 6.54 Å². The highest BCUT2D eigenvalue weighted by Crippen LogP contribution is 2.17. The Morgan fingerprint density at radius 1 is 1.12 bits per heavy atom. The first-order valence-electron chi connectivity index (χ1n) is 8.19. The Labute approximate surface area is 146 Å². The van der Waals surface area contributed by atoms with Gasteiger partial charge < -0.3 is 19.7 Å². The van der Waals surface area contributed by atoms with Crippen LogP contribution in [0.5, 0.6) is 5.75 Å². The van der Waals surface area contributed by atoms with Gasteiger partial charge in [0.15, 0.2) is 0 Å². The fourth-order valence-electron chi connectivity index (χ4n) is 2.46. The molecule has 1 aliphatic rings. The fraction of sp³-hybridized carbons (Fsp3) is 0.263. The van der Waals surface area contributed by atoms with E-state index < -0.39 is 0 Å². The Kier molecular flexibility index (Phi) is 5.51. The standard InChI is InChI=1S/C19H20N2O4/c22-18(10-11-21-12-13-24-19(21)23)20-16-6-8-17(9-7-16)25-14-15-4-2-1-3-5-15/h1-9H,10-14H2,(H,20,22). The lowest BCUT2D eigenvalue weighted by Crippen LogP contribution is -2.28. The smallest absolute Gasteiger partial charge is 0.409 e. The second kappa shape index (κ2) is 8.19. The third-order valence-corrected chi connectivity index (χ3v) is 3.84. The monoisotopic (exact) mass is 340 g/mol. The molecule has 3 rings (SSSR count). The van der Waals surface area contributed by atoms with Crippen LogP contribution in [0.25, 0.3) is 0 Å². The highest BCUT2D eigenvalue weighted by molar-refractivity contribution is 5.91. The first-order valence-corrected chi connectivity index (χ1v) is 8.19. The summed E-state index contributed by atoms with van der Waals surface area (Å²) < 4.78 is 10.5. The molecule has 0 bridgehead atoms. The molecule has 0 radical (unpaired) electrons. The number of hydrogen-bond acceptors (Lipinski definition) is 4. The van der Waals surface area contributed by atoms with E-state index >= 15 is 0 Å². The molecule has 6 nitrogen and oxygen atoms in total. The normalized spacial score (nSPS) is 13.4. The van der Waals surface area contributed by atoms with Crippen molar-refractivity contribution in [2.24, 2.45) is 0 Å². The quantitative estimate of drug-likeness (QED) is 0.841. The number of cyclic esters (lactones) is 1. The van der Waals surface area contributed by atoms with Gasteiger partial charge >= 0.3 is 6.09 Å². The van der Waals surface area contributed by atoms with Crippen molar-refractivity contribution >= 4 is 17.7 Å². The minimum atomic E-state index is -0.354. The van der Waals surface area contributed by atoms with Crippen molar-refractivity contribution < 1.29 is 19.1 Å². The van der Waals surface area contributed by atoms with Crippen LogP contribution in [-0.4, -0.2) is 36.6 Å². The highest BCUT2D eigenvalue weighted by atomic mass is 16.6. The van der Waals surface area contributed by atoms with Crippen LogP contribution < -0.4 is 10.1 Å². The Bertz CT molecular complexity index is 716. The number of rotatable bonds is 7. The van der Waals surface area contributed by atoms with E-state index in [1.165, 1.54) is 4.90 Å². The average Bonchev–Trinajstić information content (AvgIpc) is 3.05. The summed E-state index contributed by atoms with van der Waals surface area (Å²) in [5.74, 6) is 0.597. The van der Waals surface area contributed by atoms with E-state index in [0.29, 0.717) is 32.0 Å². The van der Waals surface area contributed by atoms with Crippen molar-refractivity contribution in [2.45, 2.75) is 13.0 Å². The van der Waals surface area contributed by atoms with Crippen molar-refractivity contribution in [3.05, 3.63) is 60.2 Å². The third-order valence-electron chi connectivity index (χ3n) is 3.84. The van der Waals surface area contributed by atoms with Crippen LogP contribution in [0, 0.1) is 0 Å². The van der Waals surface area contributed by atoms with Gasteiger partial charge in [-0.2, -0.15) is 0 Å². The maximum absolute atomic E-state index is 12.0. The minimum absolute atomic E-state index is 0.141. The topological polar surface area (TPSA) is 67.9 Å². The van der Waals surface area contributed by atoms with Gasteiger partial charge in [-0.25, -0.2) is 4.79 Å². The summed E-state index contributed by atoms with van der Waals surface area (Å²) in [5, 5.41) is 2.81. The van der Waals surface area contributed by atoms with Crippen molar-refractivity contribution in [1.82, 2.24) is 4.90 Å². The van der Waals surface area contributed by atoms with Gasteiger partial charge in [-0.1, -0.05) is 30.3 Å². The van der Waals surface area contributed by atoms with E-state index in [2.05, 4.69) is 5.32 Å². The Morgan fingerprint density at radius 2 is 1.88 bits per heavy atom. The molecule has 130 valence electrons. The lowest BCUT2D eigenvalue weighted by molar-refractivity contribution is -0.116. The molecule has 2 aromatic carbocycles. The van der Waals surface area contributed by atoms with Gasteiger partial charge in [-0.05, 0) is 29.8 Å². The summed E-state index contributed by atoms with van der Waals surface area (Å²) in [6.45, 7) is 1.80. The maximum atomic E-state index is 12.0. The number of ether oxygens (including phenoxy) is 2. The summed E-state index contributed by atoms with van der Waals surface area (Å²) >= 11 is 0. The number of carbonyl (C=O) groups is 2. The van der Waals surface area contributed by atoms with Gasteiger partial charge in [0, 0.05) is 18.7 Å². The maximum Gasteiger partial charge on any atom is 0.409 e. The van der Waals surface area contributed by atoms with Crippen LogP contribution in [0.1, 0.15) is 12.0 Å². The number of nitrogens with zero attached hydrogens (tertiary/aromatic N) is 1. The molecule has 6 heteroatoms. The minimum Gasteiger partial charge on any atom is -0.489 e. The van der Waals surface area contributed by atoms with E-state index in [9.17, 15) is 9.59 Å². The van der Waals surface area contributed by atoms with Crippen molar-refractivity contribution in [3.8, 4) is 5.75 Å². The van der Waals surface area contributed by atoms with E-state index in [0.717, 1.165) is 11.3 Å². The fourth-order valence-corrected chi connectivity index (χ4v) is 2.46. The van der Waals surface area contributed by atoms with Crippen molar-refractivity contribution in [1.29, 1.82) is 0 Å². The first-order chi connectivity index (χ1) is 12.2. The highest BCUT2D eigenvalue weighted by Gasteiger charge is 2.22. The van der Waals surface area contributed by atoms with Gasteiger partial charge in [0.1, 0.15) is 19.0 Å². The van der Waals surface area contributed by atoms with Crippen LogP contribution in [-0.2, 0) is 16.1 Å². The SMILES string of the molecule is O=C(CCN1CCOC1=O)Nc1ccc(OCc2ccccc2)cc1. The largest absolute Gasteiger partial charge is 0.489 e. The second-order valence-electron chi connectivity index (χ2n) is 5.70. The molecule has 1 N–H and O–H groups in total. The molecule has 0 aliphatic carbocycles. The molecule has 1 saturated heterocycles. The van der Waals surface area contributed by atoms with Crippen molar-refractivity contribution in [3.63, 3.8) is 0 Å². The lowest BCUT2D eigenvalue weighted by atomic mass is 10.2. The molecule has 0 aromatic heterocycles. The van der Waals surface area contributed by atoms with Crippen LogP contribution >= 0.6 is 0 Å². The average molecular weight is 340 g/mol. The lowest BCUT2D eigenvalue weighted by Gasteiger charge is -2.12. The van der Waals surface area contributed by atoms with Gasteiger partial charge in [0.2, 0.25) is 5.91 Å². The molecule has 2 amide bonds. The molecule has 1 aliphatic heterocycles. The second-order valence-corrected chi connectivity index (χ2v) is 5.70. The van der Waals surface area contributed by atoms with Gasteiger partial charge in [-0.3, -0.25) is 4.79 Å². The zero-order valence-corrected chi connectivity index (χ0v) is 13.8. The van der Waals surface area contributed by atoms with E-state index in [1.807, 2.05) is 42.5 Å². The molecule has 0 saturated carbocycles. The summed E-state index contributed by atoms with van der Waals surface area (Å²) in [6.07, 6.45) is -0.117. The molecule has 0 unspecified atom stereocenters. The Balaban J connectivity index is 1.43. The Morgan fingerprint density at radius 3 is 2.56 bits per heavy atom. The Hall–Kier alpha value is -3.02. The molecule has 2 aromatic rings. The molecular weight excluding hydrogens is 320 g/mol. The zero-order valence-electron chi connectivity index (χ0n) is 13.8. The van der Waals surface area contributed by atoms with Gasteiger partial charge in [0.25, 0.3) is 0 Å². The molecule has 1 fully saturated rings. The number of anilines is 1. The molecular formula is C19H20N2O4. The van der Waals surface area contributed by atoms with E-state index in [4.69, 9.17) is 9.47 Å². The number of amides is 2. The summed E-state index contributed by atoms with van der Waals surface area (Å²) in [7, 11) is 0. The van der Waals surface area contributed by atoms with Crippen LogP contribution in [0.2, 0.25) is 0 Å². The molecule has 25 heavy (non-hydrogen) atoms. The first kappa shape index (κ1) is 16.8. The summed E-state index contributed by atoms with van der Waals surface area (Å²) in [4.78, 5) is 24.8. The zero-order chi connectivity index (χ0) is 17.5. The summed E-state index contributed by atoms with van der Waals surface area (Å²) in [5.41, 5.74) is 1.79. The van der Waals surface area contributed by atoms with Crippen LogP contribution in [0.15, 0.2) is 54.6 Å². The van der Waals surface area contributed by atoms with Crippen LogP contribution in [0.4, 0.5) is 10.5 Å². The number of carbonyl (C=O) groups excluding carboxylic acids is 2. The molecule has 0 spiro atoms. The predicted octanol–water partition coefficient (Wildman–Crippen LogP) is 3.05. The summed E-state index contributed by atoms with van der Waals surface area (Å²) in [6, 6.07) is 17.1. The van der Waals surface area contributed by atoms with E-state index in [1.54, 1.807) is 12.1 Å². The van der Waals surface area contributed by atoms with E-state index in [-0.39, 0.29) is 18.4 Å². The molecule has 1 heterocycles. The molecule has 0 atom stereocenters. The van der Waals surface area contributed by atoms with Crippen LogP contribution in [0.3, 0.4) is 0 Å². The van der Waals surface area contributed by atoms with Gasteiger partial charge in [-0.15, -0.1) is 0 Å². The number of hydrogen-bond donors (Lipinski definition) is 1.